The van der Waals surface area contributed by atoms with Gasteiger partial charge in [0.2, 0.25) is 5.91 Å². The van der Waals surface area contributed by atoms with Crippen molar-refractivity contribution in [3.05, 3.63) is 60.1 Å². The maximum absolute atomic E-state index is 11.6. The number of furan rings is 1. The van der Waals surface area contributed by atoms with E-state index in [0.29, 0.717) is 13.1 Å². The molecular weight excluding hydrogens is 264 g/mol. The second-order valence-electron chi connectivity index (χ2n) is 5.38. The van der Waals surface area contributed by atoms with Crippen LogP contribution in [0.4, 0.5) is 0 Å². The first-order chi connectivity index (χ1) is 10.3. The van der Waals surface area contributed by atoms with E-state index in [4.69, 9.17) is 4.42 Å². The summed E-state index contributed by atoms with van der Waals surface area (Å²) in [6, 6.07) is 14.0. The summed E-state index contributed by atoms with van der Waals surface area (Å²) in [5, 5.41) is 6.41. The van der Waals surface area contributed by atoms with E-state index in [2.05, 4.69) is 22.8 Å². The topological polar surface area (TPSA) is 54.3 Å². The smallest absolute Gasteiger partial charge is 0.223 e. The van der Waals surface area contributed by atoms with Crippen LogP contribution in [0.15, 0.2) is 53.1 Å². The van der Waals surface area contributed by atoms with Crippen molar-refractivity contribution >= 4 is 5.91 Å². The Balaban J connectivity index is 1.56. The molecule has 110 valence electrons. The van der Waals surface area contributed by atoms with Crippen LogP contribution in [0.5, 0.6) is 0 Å². The lowest BCUT2D eigenvalue weighted by Crippen LogP contribution is -2.34. The van der Waals surface area contributed by atoms with Crippen molar-refractivity contribution in [3.63, 3.8) is 0 Å². The van der Waals surface area contributed by atoms with Crippen LogP contribution in [0.1, 0.15) is 30.2 Å². The van der Waals surface area contributed by atoms with Crippen molar-refractivity contribution in [2.24, 2.45) is 5.92 Å². The lowest BCUT2D eigenvalue weighted by atomic mass is 10.0. The zero-order chi connectivity index (χ0) is 14.5. The van der Waals surface area contributed by atoms with E-state index in [-0.39, 0.29) is 17.9 Å². The van der Waals surface area contributed by atoms with Gasteiger partial charge in [-0.1, -0.05) is 30.3 Å². The SMILES string of the molecule is O=C(NCCNC(c1ccccc1)c1ccco1)C1CC1. The van der Waals surface area contributed by atoms with Gasteiger partial charge in [0.15, 0.2) is 0 Å². The Kier molecular flexibility index (Phi) is 4.36. The largest absolute Gasteiger partial charge is 0.467 e. The van der Waals surface area contributed by atoms with Crippen molar-refractivity contribution < 1.29 is 9.21 Å². The van der Waals surface area contributed by atoms with E-state index in [1.807, 2.05) is 30.3 Å². The molecule has 2 N–H and O–H groups in total. The standard InChI is InChI=1S/C17H20N2O2/c20-17(14-8-9-14)19-11-10-18-16(15-7-4-12-21-15)13-5-2-1-3-6-13/h1-7,12,14,16,18H,8-11H2,(H,19,20). The van der Waals surface area contributed by atoms with Crippen molar-refractivity contribution in [3.8, 4) is 0 Å². The Hall–Kier alpha value is -2.07. The van der Waals surface area contributed by atoms with Crippen molar-refractivity contribution in [2.45, 2.75) is 18.9 Å². The molecule has 0 aliphatic heterocycles. The normalized spacial score (nSPS) is 15.6. The summed E-state index contributed by atoms with van der Waals surface area (Å²) in [7, 11) is 0. The molecular formula is C17H20N2O2. The highest BCUT2D eigenvalue weighted by molar-refractivity contribution is 5.80. The summed E-state index contributed by atoms with van der Waals surface area (Å²) in [4.78, 5) is 11.6. The fourth-order valence-corrected chi connectivity index (χ4v) is 2.38. The molecule has 1 aliphatic carbocycles. The number of hydrogen-bond donors (Lipinski definition) is 2. The molecule has 0 bridgehead atoms. The van der Waals surface area contributed by atoms with Crippen LogP contribution in [-0.4, -0.2) is 19.0 Å². The first-order valence-electron chi connectivity index (χ1n) is 7.44. The molecule has 1 amide bonds. The van der Waals surface area contributed by atoms with Gasteiger partial charge in [-0.2, -0.15) is 0 Å². The Bertz CT molecular complexity index is 562. The number of carbonyl (C=O) groups excluding carboxylic acids is 1. The van der Waals surface area contributed by atoms with Gasteiger partial charge in [0.05, 0.1) is 12.3 Å². The van der Waals surface area contributed by atoms with Crippen molar-refractivity contribution in [1.29, 1.82) is 0 Å². The molecule has 4 heteroatoms. The molecule has 0 spiro atoms. The number of nitrogens with one attached hydrogen (secondary N) is 2. The molecule has 1 atom stereocenters. The molecule has 0 radical (unpaired) electrons. The number of amides is 1. The van der Waals surface area contributed by atoms with Crippen LogP contribution in [0, 0.1) is 5.92 Å². The van der Waals surface area contributed by atoms with Gasteiger partial charge in [-0.05, 0) is 30.5 Å². The van der Waals surface area contributed by atoms with E-state index in [1.54, 1.807) is 6.26 Å². The van der Waals surface area contributed by atoms with Crippen LogP contribution in [0.25, 0.3) is 0 Å². The van der Waals surface area contributed by atoms with Crippen LogP contribution in [-0.2, 0) is 4.79 Å². The van der Waals surface area contributed by atoms with Crippen molar-refractivity contribution in [2.75, 3.05) is 13.1 Å². The Labute approximate surface area is 124 Å². The lowest BCUT2D eigenvalue weighted by molar-refractivity contribution is -0.122. The summed E-state index contributed by atoms with van der Waals surface area (Å²) < 4.78 is 5.53. The maximum Gasteiger partial charge on any atom is 0.223 e. The van der Waals surface area contributed by atoms with E-state index in [0.717, 1.165) is 24.2 Å². The molecule has 1 saturated carbocycles. The van der Waals surface area contributed by atoms with Crippen LogP contribution in [0.2, 0.25) is 0 Å². The molecule has 21 heavy (non-hydrogen) atoms. The highest BCUT2D eigenvalue weighted by Gasteiger charge is 2.29. The predicted molar refractivity (Wildman–Crippen MR) is 80.7 cm³/mol. The number of benzene rings is 1. The van der Waals surface area contributed by atoms with E-state index in [1.165, 1.54) is 0 Å². The average molecular weight is 284 g/mol. The molecule has 4 nitrogen and oxygen atoms in total. The predicted octanol–water partition coefficient (Wildman–Crippen LogP) is 2.48. The molecule has 1 aromatic heterocycles. The first kappa shape index (κ1) is 13.9. The van der Waals surface area contributed by atoms with Gasteiger partial charge in [0, 0.05) is 19.0 Å². The lowest BCUT2D eigenvalue weighted by Gasteiger charge is -2.17. The third-order valence-electron chi connectivity index (χ3n) is 3.68. The van der Waals surface area contributed by atoms with Crippen LogP contribution >= 0.6 is 0 Å². The monoisotopic (exact) mass is 284 g/mol. The fraction of sp³-hybridized carbons (Fsp3) is 0.353. The summed E-state index contributed by atoms with van der Waals surface area (Å²) >= 11 is 0. The van der Waals surface area contributed by atoms with Gasteiger partial charge in [-0.15, -0.1) is 0 Å². The highest BCUT2D eigenvalue weighted by atomic mass is 16.3. The summed E-state index contributed by atoms with van der Waals surface area (Å²) in [5.74, 6) is 1.33. The molecule has 1 fully saturated rings. The third kappa shape index (κ3) is 3.73. The summed E-state index contributed by atoms with van der Waals surface area (Å²) in [6.45, 7) is 1.35. The second kappa shape index (κ2) is 6.59. The summed E-state index contributed by atoms with van der Waals surface area (Å²) in [6.07, 6.45) is 3.76. The summed E-state index contributed by atoms with van der Waals surface area (Å²) in [5.41, 5.74) is 1.15. The Morgan fingerprint density at radius 3 is 2.62 bits per heavy atom. The molecule has 2 aromatic rings. The third-order valence-corrected chi connectivity index (χ3v) is 3.68. The van der Waals surface area contributed by atoms with E-state index >= 15 is 0 Å². The molecule has 1 aliphatic rings. The maximum atomic E-state index is 11.6. The van der Waals surface area contributed by atoms with Gasteiger partial charge in [0.25, 0.3) is 0 Å². The zero-order valence-electron chi connectivity index (χ0n) is 11.9. The fourth-order valence-electron chi connectivity index (χ4n) is 2.38. The molecule has 1 aromatic carbocycles. The molecule has 1 unspecified atom stereocenters. The zero-order valence-corrected chi connectivity index (χ0v) is 11.9. The Morgan fingerprint density at radius 2 is 1.95 bits per heavy atom. The van der Waals surface area contributed by atoms with Crippen LogP contribution < -0.4 is 10.6 Å². The quantitative estimate of drug-likeness (QED) is 0.768. The van der Waals surface area contributed by atoms with E-state index < -0.39 is 0 Å². The number of hydrogen-bond acceptors (Lipinski definition) is 3. The molecule has 3 rings (SSSR count). The number of carbonyl (C=O) groups is 1. The van der Waals surface area contributed by atoms with Gasteiger partial charge in [0.1, 0.15) is 5.76 Å². The van der Waals surface area contributed by atoms with Crippen LogP contribution in [0.3, 0.4) is 0 Å². The van der Waals surface area contributed by atoms with Gasteiger partial charge < -0.3 is 15.1 Å². The van der Waals surface area contributed by atoms with Gasteiger partial charge in [-0.25, -0.2) is 0 Å². The Morgan fingerprint density at radius 1 is 1.14 bits per heavy atom. The average Bonchev–Trinajstić information content (AvgIpc) is 3.24. The van der Waals surface area contributed by atoms with E-state index in [9.17, 15) is 4.79 Å². The minimum absolute atomic E-state index is 0.0130. The minimum atomic E-state index is 0.0130. The van der Waals surface area contributed by atoms with Crippen molar-refractivity contribution in [1.82, 2.24) is 10.6 Å². The van der Waals surface area contributed by atoms with Gasteiger partial charge in [-0.3, -0.25) is 4.79 Å². The molecule has 1 heterocycles. The first-order valence-corrected chi connectivity index (χ1v) is 7.44. The minimum Gasteiger partial charge on any atom is -0.467 e. The second-order valence-corrected chi connectivity index (χ2v) is 5.38. The van der Waals surface area contributed by atoms with Gasteiger partial charge >= 0.3 is 0 Å². The number of rotatable bonds is 7. The highest BCUT2D eigenvalue weighted by Crippen LogP contribution is 2.28. The molecule has 0 saturated heterocycles.